The van der Waals surface area contributed by atoms with Gasteiger partial charge >= 0.3 is 0 Å². The minimum atomic E-state index is 0. The Labute approximate surface area is 103 Å². The Balaban J connectivity index is 0.00000128. The van der Waals surface area contributed by atoms with Gasteiger partial charge in [0.2, 0.25) is 5.89 Å². The molecular formula is C11H20ClN3O. The number of piperidine rings is 1. The third-order valence-electron chi connectivity index (χ3n) is 2.69. The Morgan fingerprint density at radius 1 is 1.44 bits per heavy atom. The lowest BCUT2D eigenvalue weighted by Gasteiger charge is -2.19. The Morgan fingerprint density at radius 2 is 2.25 bits per heavy atom. The quantitative estimate of drug-likeness (QED) is 0.889. The van der Waals surface area contributed by atoms with Gasteiger partial charge in [-0.2, -0.15) is 4.98 Å². The van der Waals surface area contributed by atoms with Gasteiger partial charge in [0.15, 0.2) is 5.82 Å². The van der Waals surface area contributed by atoms with E-state index in [0.717, 1.165) is 31.1 Å². The minimum absolute atomic E-state index is 0. The van der Waals surface area contributed by atoms with E-state index in [1.54, 1.807) is 0 Å². The molecule has 0 spiro atoms. The van der Waals surface area contributed by atoms with Gasteiger partial charge in [0.05, 0.1) is 6.04 Å². The van der Waals surface area contributed by atoms with Crippen molar-refractivity contribution in [3.05, 3.63) is 11.7 Å². The van der Waals surface area contributed by atoms with Crippen LogP contribution < -0.4 is 5.32 Å². The van der Waals surface area contributed by atoms with Gasteiger partial charge in [0.1, 0.15) is 0 Å². The van der Waals surface area contributed by atoms with Crippen LogP contribution in [0.15, 0.2) is 4.52 Å². The zero-order valence-corrected chi connectivity index (χ0v) is 10.7. The summed E-state index contributed by atoms with van der Waals surface area (Å²) >= 11 is 0. The lowest BCUT2D eigenvalue weighted by molar-refractivity contribution is 0.341. The standard InChI is InChI=1S/C11H19N3O.ClH/c1-8(2)7-10-13-11(14-15-10)9-5-3-4-6-12-9;/h8-9,12H,3-7H2,1-2H3;1H. The number of aromatic nitrogens is 2. The molecule has 0 amide bonds. The van der Waals surface area contributed by atoms with Crippen molar-refractivity contribution >= 4 is 12.4 Å². The molecule has 1 atom stereocenters. The summed E-state index contributed by atoms with van der Waals surface area (Å²) in [6.45, 7) is 5.38. The zero-order chi connectivity index (χ0) is 10.7. The van der Waals surface area contributed by atoms with E-state index in [0.29, 0.717) is 12.0 Å². The first-order chi connectivity index (χ1) is 7.25. The molecule has 92 valence electrons. The van der Waals surface area contributed by atoms with Crippen LogP contribution in [-0.2, 0) is 6.42 Å². The molecule has 1 saturated heterocycles. The SMILES string of the molecule is CC(C)Cc1nc(C2CCCCN2)no1.Cl. The van der Waals surface area contributed by atoms with Gasteiger partial charge in [-0.3, -0.25) is 0 Å². The molecule has 16 heavy (non-hydrogen) atoms. The monoisotopic (exact) mass is 245 g/mol. The summed E-state index contributed by atoms with van der Waals surface area (Å²) in [5.74, 6) is 2.18. The van der Waals surface area contributed by atoms with Crippen LogP contribution in [0.2, 0.25) is 0 Å². The van der Waals surface area contributed by atoms with Gasteiger partial charge < -0.3 is 9.84 Å². The fourth-order valence-corrected chi connectivity index (χ4v) is 1.91. The van der Waals surface area contributed by atoms with E-state index in [-0.39, 0.29) is 12.4 Å². The molecule has 1 aliphatic heterocycles. The van der Waals surface area contributed by atoms with Crippen molar-refractivity contribution in [3.63, 3.8) is 0 Å². The molecule has 2 rings (SSSR count). The molecule has 1 fully saturated rings. The highest BCUT2D eigenvalue weighted by atomic mass is 35.5. The molecule has 0 saturated carbocycles. The second kappa shape index (κ2) is 6.21. The number of nitrogens with zero attached hydrogens (tertiary/aromatic N) is 2. The average molecular weight is 246 g/mol. The molecule has 1 N–H and O–H groups in total. The zero-order valence-electron chi connectivity index (χ0n) is 9.90. The fourth-order valence-electron chi connectivity index (χ4n) is 1.91. The van der Waals surface area contributed by atoms with Crippen molar-refractivity contribution in [1.29, 1.82) is 0 Å². The van der Waals surface area contributed by atoms with E-state index in [9.17, 15) is 0 Å². The highest BCUT2D eigenvalue weighted by molar-refractivity contribution is 5.85. The van der Waals surface area contributed by atoms with Crippen molar-refractivity contribution in [3.8, 4) is 0 Å². The second-order valence-electron chi connectivity index (χ2n) is 4.65. The van der Waals surface area contributed by atoms with Crippen molar-refractivity contribution in [1.82, 2.24) is 15.5 Å². The Hall–Kier alpha value is -0.610. The van der Waals surface area contributed by atoms with Gasteiger partial charge in [-0.25, -0.2) is 0 Å². The summed E-state index contributed by atoms with van der Waals surface area (Å²) in [4.78, 5) is 4.43. The molecular weight excluding hydrogens is 226 g/mol. The summed E-state index contributed by atoms with van der Waals surface area (Å²) in [7, 11) is 0. The van der Waals surface area contributed by atoms with E-state index in [1.165, 1.54) is 12.8 Å². The predicted molar refractivity (Wildman–Crippen MR) is 64.7 cm³/mol. The second-order valence-corrected chi connectivity index (χ2v) is 4.65. The average Bonchev–Trinajstić information content (AvgIpc) is 2.67. The molecule has 4 nitrogen and oxygen atoms in total. The van der Waals surface area contributed by atoms with Crippen LogP contribution in [0, 0.1) is 5.92 Å². The summed E-state index contributed by atoms with van der Waals surface area (Å²) < 4.78 is 5.23. The van der Waals surface area contributed by atoms with Gasteiger partial charge in [-0.15, -0.1) is 12.4 Å². The number of hydrogen-bond acceptors (Lipinski definition) is 4. The third kappa shape index (κ3) is 3.46. The normalized spacial score (nSPS) is 20.8. The highest BCUT2D eigenvalue weighted by Gasteiger charge is 2.20. The first-order valence-electron chi connectivity index (χ1n) is 5.81. The van der Waals surface area contributed by atoms with E-state index in [4.69, 9.17) is 4.52 Å². The number of halogens is 1. The van der Waals surface area contributed by atoms with Crippen molar-refractivity contribution in [2.75, 3.05) is 6.54 Å². The number of hydrogen-bond donors (Lipinski definition) is 1. The molecule has 0 aromatic carbocycles. The number of rotatable bonds is 3. The van der Waals surface area contributed by atoms with Crippen LogP contribution in [0.4, 0.5) is 0 Å². The molecule has 1 aliphatic rings. The third-order valence-corrected chi connectivity index (χ3v) is 2.69. The molecule has 1 aromatic rings. The molecule has 2 heterocycles. The van der Waals surface area contributed by atoms with Crippen LogP contribution in [0.3, 0.4) is 0 Å². The molecule has 1 unspecified atom stereocenters. The van der Waals surface area contributed by atoms with Crippen molar-refractivity contribution in [2.24, 2.45) is 5.92 Å². The van der Waals surface area contributed by atoms with Gasteiger partial charge in [-0.05, 0) is 25.3 Å². The maximum Gasteiger partial charge on any atom is 0.226 e. The van der Waals surface area contributed by atoms with E-state index >= 15 is 0 Å². The van der Waals surface area contributed by atoms with Gasteiger partial charge in [0.25, 0.3) is 0 Å². The lowest BCUT2D eigenvalue weighted by atomic mass is 10.0. The van der Waals surface area contributed by atoms with Crippen LogP contribution in [0.1, 0.15) is 50.9 Å². The summed E-state index contributed by atoms with van der Waals surface area (Å²) in [5.41, 5.74) is 0. The molecule has 0 bridgehead atoms. The highest BCUT2D eigenvalue weighted by Crippen LogP contribution is 2.20. The van der Waals surface area contributed by atoms with Crippen molar-refractivity contribution < 1.29 is 4.52 Å². The van der Waals surface area contributed by atoms with E-state index < -0.39 is 0 Å². The van der Waals surface area contributed by atoms with Crippen LogP contribution >= 0.6 is 12.4 Å². The first kappa shape index (κ1) is 13.5. The van der Waals surface area contributed by atoms with Crippen LogP contribution in [0.25, 0.3) is 0 Å². The first-order valence-corrected chi connectivity index (χ1v) is 5.81. The van der Waals surface area contributed by atoms with Gasteiger partial charge in [0, 0.05) is 6.42 Å². The van der Waals surface area contributed by atoms with Gasteiger partial charge in [-0.1, -0.05) is 25.4 Å². The van der Waals surface area contributed by atoms with Crippen LogP contribution in [-0.4, -0.2) is 16.7 Å². The predicted octanol–water partition coefficient (Wildman–Crippen LogP) is 2.50. The number of nitrogens with one attached hydrogen (secondary N) is 1. The topological polar surface area (TPSA) is 51.0 Å². The largest absolute Gasteiger partial charge is 0.339 e. The van der Waals surface area contributed by atoms with E-state index in [1.807, 2.05) is 0 Å². The molecule has 5 heteroatoms. The summed E-state index contributed by atoms with van der Waals surface area (Å²) in [5, 5.41) is 7.46. The lowest BCUT2D eigenvalue weighted by Crippen LogP contribution is -2.27. The Morgan fingerprint density at radius 3 is 2.88 bits per heavy atom. The minimum Gasteiger partial charge on any atom is -0.339 e. The van der Waals surface area contributed by atoms with Crippen molar-refractivity contribution in [2.45, 2.75) is 45.6 Å². The smallest absolute Gasteiger partial charge is 0.226 e. The van der Waals surface area contributed by atoms with Crippen LogP contribution in [0.5, 0.6) is 0 Å². The molecule has 0 aliphatic carbocycles. The fraction of sp³-hybridized carbons (Fsp3) is 0.818. The van der Waals surface area contributed by atoms with E-state index in [2.05, 4.69) is 29.3 Å². The Bertz CT molecular complexity index is 308. The molecule has 1 aromatic heterocycles. The summed E-state index contributed by atoms with van der Waals surface area (Å²) in [6, 6.07) is 0.309. The maximum atomic E-state index is 5.23. The molecule has 0 radical (unpaired) electrons. The maximum absolute atomic E-state index is 5.23. The summed E-state index contributed by atoms with van der Waals surface area (Å²) in [6.07, 6.45) is 4.51. The Kier molecular flexibility index (Phi) is 5.22.